The van der Waals surface area contributed by atoms with Crippen molar-refractivity contribution >= 4 is 28.6 Å². The summed E-state index contributed by atoms with van der Waals surface area (Å²) in [4.78, 5) is 12.4. The SMILES string of the molecule is COc1ccc(C(OC[C@H]2O[C@@H](n3cnc4c(N)nc(Cl)nc43)[C@H](O)[C@@H]2O)(c2ccccc2)c2ccc(OC)cc2)cc1. The molecule has 222 valence electrons. The maximum absolute atomic E-state index is 11.1. The number of methoxy groups -OCH3 is 2. The third-order valence-electron chi connectivity index (χ3n) is 7.67. The van der Waals surface area contributed by atoms with E-state index in [0.29, 0.717) is 17.0 Å². The average molecular weight is 604 g/mol. The van der Waals surface area contributed by atoms with Crippen LogP contribution in [0.1, 0.15) is 22.9 Å². The number of aliphatic hydroxyl groups is 2. The largest absolute Gasteiger partial charge is 0.497 e. The molecule has 4 N–H and O–H groups in total. The predicted molar refractivity (Wildman–Crippen MR) is 159 cm³/mol. The molecule has 11 nitrogen and oxygen atoms in total. The molecule has 12 heteroatoms. The average Bonchev–Trinajstić information content (AvgIpc) is 3.58. The number of ether oxygens (including phenoxy) is 4. The summed E-state index contributed by atoms with van der Waals surface area (Å²) in [5.41, 5.74) is 7.87. The number of fused-ring (bicyclic) bond motifs is 1. The van der Waals surface area contributed by atoms with E-state index >= 15 is 0 Å². The van der Waals surface area contributed by atoms with E-state index in [4.69, 9.17) is 36.3 Å². The highest BCUT2D eigenvalue weighted by atomic mass is 35.5. The zero-order chi connectivity index (χ0) is 30.1. The first-order valence-electron chi connectivity index (χ1n) is 13.5. The summed E-state index contributed by atoms with van der Waals surface area (Å²) in [6, 6.07) is 25.0. The van der Waals surface area contributed by atoms with Crippen LogP contribution >= 0.6 is 11.6 Å². The Bertz CT molecular complexity index is 1650. The van der Waals surface area contributed by atoms with Gasteiger partial charge in [-0.15, -0.1) is 0 Å². The van der Waals surface area contributed by atoms with Crippen molar-refractivity contribution in [1.29, 1.82) is 0 Å². The summed E-state index contributed by atoms with van der Waals surface area (Å²) >= 11 is 6.03. The lowest BCUT2D eigenvalue weighted by atomic mass is 9.80. The Balaban J connectivity index is 1.39. The number of hydrogen-bond acceptors (Lipinski definition) is 10. The summed E-state index contributed by atoms with van der Waals surface area (Å²) in [6.07, 6.45) is -3.16. The Morgan fingerprint density at radius 3 is 2.02 bits per heavy atom. The molecule has 0 unspecified atom stereocenters. The molecule has 0 amide bonds. The number of nitrogen functional groups attached to an aromatic ring is 1. The van der Waals surface area contributed by atoms with Crippen molar-refractivity contribution in [3.63, 3.8) is 0 Å². The number of halogens is 1. The lowest BCUT2D eigenvalue weighted by Gasteiger charge is -2.37. The Morgan fingerprint density at radius 1 is 0.860 bits per heavy atom. The van der Waals surface area contributed by atoms with E-state index in [9.17, 15) is 10.2 Å². The number of hydrogen-bond donors (Lipinski definition) is 3. The third kappa shape index (κ3) is 5.15. The van der Waals surface area contributed by atoms with Gasteiger partial charge < -0.3 is 34.9 Å². The molecule has 3 aromatic carbocycles. The molecule has 0 spiro atoms. The Kier molecular flexibility index (Phi) is 7.91. The Hall–Kier alpha value is -4.26. The highest BCUT2D eigenvalue weighted by molar-refractivity contribution is 6.28. The Morgan fingerprint density at radius 2 is 1.44 bits per heavy atom. The molecule has 1 fully saturated rings. The van der Waals surface area contributed by atoms with Gasteiger partial charge in [-0.1, -0.05) is 54.6 Å². The number of benzene rings is 3. The number of nitrogens with zero attached hydrogens (tertiary/aromatic N) is 4. The van der Waals surface area contributed by atoms with Crippen molar-refractivity contribution in [2.75, 3.05) is 26.6 Å². The van der Waals surface area contributed by atoms with Gasteiger partial charge in [0.05, 0.1) is 27.2 Å². The first kappa shape index (κ1) is 28.8. The summed E-state index contributed by atoms with van der Waals surface area (Å²) in [7, 11) is 3.22. The van der Waals surface area contributed by atoms with Crippen molar-refractivity contribution in [2.24, 2.45) is 0 Å². The van der Waals surface area contributed by atoms with Gasteiger partial charge in [-0.2, -0.15) is 9.97 Å². The molecule has 0 aliphatic carbocycles. The fourth-order valence-electron chi connectivity index (χ4n) is 5.48. The van der Waals surface area contributed by atoms with Crippen molar-refractivity contribution < 1.29 is 29.2 Å². The Labute approximate surface area is 252 Å². The number of rotatable bonds is 9. The fraction of sp³-hybridized carbons (Fsp3) is 0.258. The number of aliphatic hydroxyl groups excluding tert-OH is 2. The van der Waals surface area contributed by atoms with Gasteiger partial charge in [0.15, 0.2) is 17.7 Å². The molecule has 1 aliphatic heterocycles. The van der Waals surface area contributed by atoms with Crippen LogP contribution < -0.4 is 15.2 Å². The molecular formula is C31H30ClN5O6. The van der Waals surface area contributed by atoms with Gasteiger partial charge in [0, 0.05) is 0 Å². The van der Waals surface area contributed by atoms with Gasteiger partial charge in [0.25, 0.3) is 0 Å². The maximum atomic E-state index is 11.1. The fourth-order valence-corrected chi connectivity index (χ4v) is 5.65. The highest BCUT2D eigenvalue weighted by Gasteiger charge is 2.47. The second-order valence-electron chi connectivity index (χ2n) is 10.1. The molecule has 6 rings (SSSR count). The van der Waals surface area contributed by atoms with Crippen LogP contribution in [0, 0.1) is 0 Å². The van der Waals surface area contributed by atoms with Gasteiger partial charge >= 0.3 is 0 Å². The quantitative estimate of drug-likeness (QED) is 0.168. The number of nitrogens with two attached hydrogens (primary N) is 1. The third-order valence-corrected chi connectivity index (χ3v) is 7.84. The minimum absolute atomic E-state index is 0.0775. The standard InChI is InChI=1S/C31H30ClN5O6/c1-40-21-12-8-19(9-13-21)31(18-6-4-3-5-7-18,20-10-14-22(41-2)15-11-20)42-16-23-25(38)26(39)29(43-23)37-17-34-24-27(33)35-30(32)36-28(24)37/h3-15,17,23,25-26,29,38-39H,16H2,1-2H3,(H2,33,35,36)/t23-,25-,26-,29-/m1/s1. The first-order chi connectivity index (χ1) is 20.8. The van der Waals surface area contributed by atoms with Crippen LogP contribution in [0.25, 0.3) is 11.2 Å². The molecular weight excluding hydrogens is 574 g/mol. The number of aromatic nitrogens is 4. The second-order valence-corrected chi connectivity index (χ2v) is 10.4. The number of anilines is 1. The lowest BCUT2D eigenvalue weighted by Crippen LogP contribution is -2.39. The summed E-state index contributed by atoms with van der Waals surface area (Å²) in [5, 5.41) is 22.1. The van der Waals surface area contributed by atoms with Gasteiger partial charge in [0.2, 0.25) is 5.28 Å². The zero-order valence-electron chi connectivity index (χ0n) is 23.4. The predicted octanol–water partition coefficient (Wildman–Crippen LogP) is 3.71. The molecule has 1 saturated heterocycles. The molecule has 5 aromatic rings. The van der Waals surface area contributed by atoms with E-state index < -0.39 is 30.1 Å². The molecule has 1 aliphatic rings. The summed E-state index contributed by atoms with van der Waals surface area (Å²) < 4.78 is 25.4. The topological polar surface area (TPSA) is 147 Å². The molecule has 3 heterocycles. The van der Waals surface area contributed by atoms with Crippen LogP contribution in [0.5, 0.6) is 11.5 Å². The van der Waals surface area contributed by atoms with E-state index in [1.54, 1.807) is 14.2 Å². The van der Waals surface area contributed by atoms with Crippen LogP contribution in [0.15, 0.2) is 85.2 Å². The summed E-state index contributed by atoms with van der Waals surface area (Å²) in [5.74, 6) is 1.48. The van der Waals surface area contributed by atoms with E-state index in [0.717, 1.165) is 16.7 Å². The van der Waals surface area contributed by atoms with Gasteiger partial charge in [-0.25, -0.2) is 4.98 Å². The van der Waals surface area contributed by atoms with Crippen molar-refractivity contribution in [3.05, 3.63) is 107 Å². The van der Waals surface area contributed by atoms with Gasteiger partial charge in [-0.05, 0) is 52.6 Å². The lowest BCUT2D eigenvalue weighted by molar-refractivity contribution is -0.0942. The molecule has 2 aromatic heterocycles. The van der Waals surface area contributed by atoms with E-state index in [-0.39, 0.29) is 23.4 Å². The highest BCUT2D eigenvalue weighted by Crippen LogP contribution is 2.43. The van der Waals surface area contributed by atoms with E-state index in [1.165, 1.54) is 10.9 Å². The van der Waals surface area contributed by atoms with Gasteiger partial charge in [-0.3, -0.25) is 4.57 Å². The van der Waals surface area contributed by atoms with Crippen LogP contribution in [-0.2, 0) is 15.1 Å². The maximum Gasteiger partial charge on any atom is 0.226 e. The van der Waals surface area contributed by atoms with Gasteiger partial charge in [0.1, 0.15) is 40.9 Å². The van der Waals surface area contributed by atoms with E-state index in [2.05, 4.69) is 15.0 Å². The second kappa shape index (κ2) is 11.8. The van der Waals surface area contributed by atoms with Crippen molar-refractivity contribution in [1.82, 2.24) is 19.5 Å². The molecule has 4 atom stereocenters. The summed E-state index contributed by atoms with van der Waals surface area (Å²) in [6.45, 7) is -0.0911. The van der Waals surface area contributed by atoms with Crippen LogP contribution in [0.3, 0.4) is 0 Å². The molecule has 0 bridgehead atoms. The van der Waals surface area contributed by atoms with Crippen LogP contribution in [-0.4, -0.2) is 68.9 Å². The monoisotopic (exact) mass is 603 g/mol. The smallest absolute Gasteiger partial charge is 0.226 e. The first-order valence-corrected chi connectivity index (χ1v) is 13.9. The van der Waals surface area contributed by atoms with Crippen LogP contribution in [0.4, 0.5) is 5.82 Å². The molecule has 0 saturated carbocycles. The zero-order valence-corrected chi connectivity index (χ0v) is 24.1. The van der Waals surface area contributed by atoms with Crippen molar-refractivity contribution in [2.45, 2.75) is 30.1 Å². The minimum Gasteiger partial charge on any atom is -0.497 e. The normalized spacial score (nSPS) is 20.4. The van der Waals surface area contributed by atoms with E-state index in [1.807, 2.05) is 78.9 Å². The van der Waals surface area contributed by atoms with Crippen molar-refractivity contribution in [3.8, 4) is 11.5 Å². The molecule has 0 radical (unpaired) electrons. The number of imidazole rings is 1. The molecule has 43 heavy (non-hydrogen) atoms. The minimum atomic E-state index is -1.32. The van der Waals surface area contributed by atoms with Crippen LogP contribution in [0.2, 0.25) is 5.28 Å².